The van der Waals surface area contributed by atoms with E-state index >= 15 is 0 Å². The molecule has 4 rings (SSSR count). The molecule has 1 aromatic heterocycles. The highest BCUT2D eigenvalue weighted by atomic mass is 16.1. The number of rotatable bonds is 5. The molecule has 0 spiro atoms. The summed E-state index contributed by atoms with van der Waals surface area (Å²) in [6.45, 7) is 2.78. The molecule has 0 saturated heterocycles. The summed E-state index contributed by atoms with van der Waals surface area (Å²) in [5.74, 6) is 0.711. The van der Waals surface area contributed by atoms with Crippen LogP contribution in [0.25, 0.3) is 10.9 Å². The average Bonchev–Trinajstić information content (AvgIpc) is 3.44. The number of pyridine rings is 1. The van der Waals surface area contributed by atoms with Gasteiger partial charge in [-0.1, -0.05) is 42.5 Å². The van der Waals surface area contributed by atoms with Crippen LogP contribution in [0.15, 0.2) is 54.6 Å². The number of carbonyl (C=O) groups is 1. The minimum Gasteiger partial charge on any atom is -0.366 e. The number of anilines is 1. The van der Waals surface area contributed by atoms with Crippen molar-refractivity contribution in [2.75, 3.05) is 5.32 Å². The largest absolute Gasteiger partial charge is 0.366 e. The van der Waals surface area contributed by atoms with Crippen molar-refractivity contribution >= 4 is 22.6 Å². The van der Waals surface area contributed by atoms with Crippen LogP contribution in [0.2, 0.25) is 0 Å². The van der Waals surface area contributed by atoms with Gasteiger partial charge >= 0.3 is 0 Å². The number of para-hydroxylation sites is 1. The van der Waals surface area contributed by atoms with Crippen molar-refractivity contribution in [1.82, 2.24) is 10.3 Å². The van der Waals surface area contributed by atoms with Gasteiger partial charge in [-0.3, -0.25) is 4.79 Å². The molecule has 25 heavy (non-hydrogen) atoms. The van der Waals surface area contributed by atoms with Gasteiger partial charge in [-0.2, -0.15) is 0 Å². The predicted molar refractivity (Wildman–Crippen MR) is 101 cm³/mol. The third kappa shape index (κ3) is 3.48. The SMILES string of the molecule is Cc1ccccc1CNc1cc(C(=O)NC2CC2)c2ccccc2n1. The summed E-state index contributed by atoms with van der Waals surface area (Å²) in [5.41, 5.74) is 3.98. The van der Waals surface area contributed by atoms with Crippen LogP contribution in [0, 0.1) is 6.92 Å². The molecule has 1 saturated carbocycles. The zero-order valence-corrected chi connectivity index (χ0v) is 14.3. The van der Waals surface area contributed by atoms with Gasteiger partial charge in [-0.25, -0.2) is 4.98 Å². The number of fused-ring (bicyclic) bond motifs is 1. The van der Waals surface area contributed by atoms with Crippen LogP contribution in [0.1, 0.15) is 34.3 Å². The number of nitrogens with zero attached hydrogens (tertiary/aromatic N) is 1. The van der Waals surface area contributed by atoms with Crippen LogP contribution in [-0.4, -0.2) is 16.9 Å². The lowest BCUT2D eigenvalue weighted by molar-refractivity contribution is 0.0952. The maximum Gasteiger partial charge on any atom is 0.252 e. The van der Waals surface area contributed by atoms with Crippen molar-refractivity contribution in [2.45, 2.75) is 32.4 Å². The molecule has 126 valence electrons. The van der Waals surface area contributed by atoms with E-state index < -0.39 is 0 Å². The zero-order valence-electron chi connectivity index (χ0n) is 14.3. The number of aryl methyl sites for hydroxylation is 1. The molecule has 4 nitrogen and oxygen atoms in total. The fourth-order valence-electron chi connectivity index (χ4n) is 2.94. The van der Waals surface area contributed by atoms with E-state index in [1.54, 1.807) is 0 Å². The maximum atomic E-state index is 12.6. The summed E-state index contributed by atoms with van der Waals surface area (Å²) < 4.78 is 0. The summed E-state index contributed by atoms with van der Waals surface area (Å²) >= 11 is 0. The lowest BCUT2D eigenvalue weighted by Crippen LogP contribution is -2.25. The fraction of sp³-hybridized carbons (Fsp3) is 0.238. The molecule has 0 unspecified atom stereocenters. The first-order chi connectivity index (χ1) is 12.2. The predicted octanol–water partition coefficient (Wildman–Crippen LogP) is 4.05. The van der Waals surface area contributed by atoms with Gasteiger partial charge in [-0.05, 0) is 43.0 Å². The van der Waals surface area contributed by atoms with Gasteiger partial charge in [0.1, 0.15) is 5.82 Å². The minimum absolute atomic E-state index is 0.0139. The third-order valence-corrected chi connectivity index (χ3v) is 4.59. The lowest BCUT2D eigenvalue weighted by atomic mass is 10.1. The van der Waals surface area contributed by atoms with Crippen molar-refractivity contribution < 1.29 is 4.79 Å². The fourth-order valence-corrected chi connectivity index (χ4v) is 2.94. The monoisotopic (exact) mass is 331 g/mol. The van der Waals surface area contributed by atoms with E-state index in [0.29, 0.717) is 18.2 Å². The second-order valence-electron chi connectivity index (χ2n) is 6.60. The smallest absolute Gasteiger partial charge is 0.252 e. The molecule has 0 radical (unpaired) electrons. The molecule has 1 aliphatic rings. The van der Waals surface area contributed by atoms with Gasteiger partial charge in [0.2, 0.25) is 0 Å². The quantitative estimate of drug-likeness (QED) is 0.741. The molecule has 3 aromatic rings. The van der Waals surface area contributed by atoms with Crippen LogP contribution in [0.3, 0.4) is 0 Å². The van der Waals surface area contributed by atoms with E-state index in [0.717, 1.165) is 29.6 Å². The van der Waals surface area contributed by atoms with E-state index in [1.165, 1.54) is 11.1 Å². The Morgan fingerprint density at radius 1 is 1.12 bits per heavy atom. The first kappa shape index (κ1) is 15.6. The van der Waals surface area contributed by atoms with E-state index in [4.69, 9.17) is 0 Å². The highest BCUT2D eigenvalue weighted by Crippen LogP contribution is 2.24. The lowest BCUT2D eigenvalue weighted by Gasteiger charge is -2.12. The molecular weight excluding hydrogens is 310 g/mol. The number of benzene rings is 2. The first-order valence-electron chi connectivity index (χ1n) is 8.70. The zero-order chi connectivity index (χ0) is 17.2. The Morgan fingerprint density at radius 3 is 2.68 bits per heavy atom. The van der Waals surface area contributed by atoms with E-state index in [-0.39, 0.29) is 5.91 Å². The molecular formula is C21H21N3O. The van der Waals surface area contributed by atoms with Gasteiger partial charge in [0.05, 0.1) is 11.1 Å². The highest BCUT2D eigenvalue weighted by Gasteiger charge is 2.25. The summed E-state index contributed by atoms with van der Waals surface area (Å²) in [6, 6.07) is 18.3. The van der Waals surface area contributed by atoms with E-state index in [2.05, 4.69) is 34.7 Å². The number of carbonyl (C=O) groups excluding carboxylic acids is 1. The molecule has 1 heterocycles. The second kappa shape index (κ2) is 6.55. The van der Waals surface area contributed by atoms with Crippen molar-refractivity contribution in [3.63, 3.8) is 0 Å². The Morgan fingerprint density at radius 2 is 1.88 bits per heavy atom. The molecule has 1 amide bonds. The van der Waals surface area contributed by atoms with E-state index in [1.807, 2.05) is 42.5 Å². The van der Waals surface area contributed by atoms with Gasteiger partial charge in [0.15, 0.2) is 0 Å². The Labute approximate surface area is 147 Å². The van der Waals surface area contributed by atoms with Crippen LogP contribution >= 0.6 is 0 Å². The standard InChI is InChI=1S/C21H21N3O/c1-14-6-2-3-7-15(14)13-22-20-12-18(21(25)23-16-10-11-16)17-8-4-5-9-19(17)24-20/h2-9,12,16H,10-11,13H2,1H3,(H,22,24)(H,23,25). The normalized spacial score (nSPS) is 13.6. The number of aromatic nitrogens is 1. The maximum absolute atomic E-state index is 12.6. The average molecular weight is 331 g/mol. The Kier molecular flexibility index (Phi) is 4.10. The summed E-state index contributed by atoms with van der Waals surface area (Å²) in [7, 11) is 0. The minimum atomic E-state index is -0.0139. The van der Waals surface area contributed by atoms with Crippen molar-refractivity contribution in [3.05, 3.63) is 71.3 Å². The molecule has 1 aliphatic carbocycles. The van der Waals surface area contributed by atoms with Crippen LogP contribution in [-0.2, 0) is 6.54 Å². The first-order valence-corrected chi connectivity index (χ1v) is 8.70. The molecule has 0 aliphatic heterocycles. The molecule has 0 atom stereocenters. The number of amides is 1. The topological polar surface area (TPSA) is 54.0 Å². The second-order valence-corrected chi connectivity index (χ2v) is 6.60. The molecule has 4 heteroatoms. The molecule has 0 bridgehead atoms. The van der Waals surface area contributed by atoms with Crippen molar-refractivity contribution in [3.8, 4) is 0 Å². The van der Waals surface area contributed by atoms with Gasteiger partial charge < -0.3 is 10.6 Å². The molecule has 2 aromatic carbocycles. The van der Waals surface area contributed by atoms with Crippen LogP contribution < -0.4 is 10.6 Å². The highest BCUT2D eigenvalue weighted by molar-refractivity contribution is 6.07. The Bertz CT molecular complexity index is 931. The van der Waals surface area contributed by atoms with Crippen molar-refractivity contribution in [1.29, 1.82) is 0 Å². The van der Waals surface area contributed by atoms with Gasteiger partial charge in [-0.15, -0.1) is 0 Å². The summed E-state index contributed by atoms with van der Waals surface area (Å²) in [4.78, 5) is 17.3. The van der Waals surface area contributed by atoms with Gasteiger partial charge in [0.25, 0.3) is 5.91 Å². The third-order valence-electron chi connectivity index (χ3n) is 4.59. The van der Waals surface area contributed by atoms with Crippen molar-refractivity contribution in [2.24, 2.45) is 0 Å². The van der Waals surface area contributed by atoms with Gasteiger partial charge in [0, 0.05) is 18.0 Å². The summed E-state index contributed by atoms with van der Waals surface area (Å²) in [5, 5.41) is 7.34. The number of hydrogen-bond acceptors (Lipinski definition) is 3. The Balaban J connectivity index is 1.64. The van der Waals surface area contributed by atoms with Crippen LogP contribution in [0.4, 0.5) is 5.82 Å². The number of hydrogen-bond donors (Lipinski definition) is 2. The number of nitrogens with one attached hydrogen (secondary N) is 2. The van der Waals surface area contributed by atoms with E-state index in [9.17, 15) is 4.79 Å². The molecule has 2 N–H and O–H groups in total. The van der Waals surface area contributed by atoms with Crippen LogP contribution in [0.5, 0.6) is 0 Å². The Hall–Kier alpha value is -2.88. The summed E-state index contributed by atoms with van der Waals surface area (Å²) in [6.07, 6.45) is 2.15. The molecule has 1 fully saturated rings.